The number of para-hydroxylation sites is 1. The molecule has 20 heavy (non-hydrogen) atoms. The van der Waals surface area contributed by atoms with E-state index in [0.717, 1.165) is 35.9 Å². The van der Waals surface area contributed by atoms with E-state index in [1.165, 1.54) is 11.8 Å². The van der Waals surface area contributed by atoms with Crippen LogP contribution in [0.2, 0.25) is 0 Å². The summed E-state index contributed by atoms with van der Waals surface area (Å²) in [5.74, 6) is 2.60. The van der Waals surface area contributed by atoms with E-state index in [1.54, 1.807) is 0 Å². The predicted octanol–water partition coefficient (Wildman–Crippen LogP) is 3.18. The molecule has 3 rings (SSSR count). The first-order chi connectivity index (χ1) is 9.69. The number of aromatic nitrogens is 1. The number of rotatable bonds is 2. The molecule has 0 amide bonds. The maximum Gasteiger partial charge on any atom is 0.133 e. The number of pyridine rings is 1. The summed E-state index contributed by atoms with van der Waals surface area (Å²) in [5.41, 5.74) is 8.16. The highest BCUT2D eigenvalue weighted by Crippen LogP contribution is 2.29. The van der Waals surface area contributed by atoms with Crippen LogP contribution in [0.4, 0.5) is 5.82 Å². The molecule has 0 bridgehead atoms. The van der Waals surface area contributed by atoms with Gasteiger partial charge in [0.2, 0.25) is 0 Å². The topological polar surface area (TPSA) is 42.2 Å². The third-order valence-corrected chi connectivity index (χ3v) is 4.63. The van der Waals surface area contributed by atoms with Crippen molar-refractivity contribution < 1.29 is 0 Å². The van der Waals surface area contributed by atoms with Gasteiger partial charge in [0.15, 0.2) is 0 Å². The Bertz CT molecular complexity index is 608. The maximum absolute atomic E-state index is 5.94. The first-order valence-electron chi connectivity index (χ1n) is 7.52. The van der Waals surface area contributed by atoms with Gasteiger partial charge < -0.3 is 10.6 Å². The summed E-state index contributed by atoms with van der Waals surface area (Å²) in [4.78, 5) is 7.29. The van der Waals surface area contributed by atoms with Crippen LogP contribution in [0.25, 0.3) is 10.9 Å². The zero-order valence-electron chi connectivity index (χ0n) is 12.3. The number of nitrogens with zero attached hydrogens (tertiary/aromatic N) is 2. The second-order valence-electron chi connectivity index (χ2n) is 6.06. The van der Waals surface area contributed by atoms with Crippen LogP contribution in [-0.2, 0) is 6.54 Å². The lowest BCUT2D eigenvalue weighted by molar-refractivity contribution is 0.322. The molecule has 1 aromatic carbocycles. The van der Waals surface area contributed by atoms with Crippen molar-refractivity contribution >= 4 is 16.7 Å². The van der Waals surface area contributed by atoms with Gasteiger partial charge in [-0.3, -0.25) is 0 Å². The number of hydrogen-bond acceptors (Lipinski definition) is 3. The lowest BCUT2D eigenvalue weighted by atomic mass is 9.88. The van der Waals surface area contributed by atoms with Gasteiger partial charge in [-0.15, -0.1) is 0 Å². The van der Waals surface area contributed by atoms with E-state index < -0.39 is 0 Å². The molecule has 3 heteroatoms. The largest absolute Gasteiger partial charge is 0.356 e. The minimum absolute atomic E-state index is 0.549. The number of benzene rings is 1. The number of anilines is 1. The Labute approximate surface area is 120 Å². The van der Waals surface area contributed by atoms with E-state index in [1.807, 2.05) is 6.07 Å². The van der Waals surface area contributed by atoms with Crippen LogP contribution >= 0.6 is 0 Å². The first kappa shape index (κ1) is 13.4. The highest BCUT2D eigenvalue weighted by molar-refractivity contribution is 5.81. The molecule has 2 atom stereocenters. The van der Waals surface area contributed by atoms with Gasteiger partial charge in [0.1, 0.15) is 5.82 Å². The second kappa shape index (κ2) is 5.41. The molecule has 106 valence electrons. The summed E-state index contributed by atoms with van der Waals surface area (Å²) in [7, 11) is 0. The molecule has 2 heterocycles. The highest BCUT2D eigenvalue weighted by atomic mass is 15.2. The molecular weight excluding hydrogens is 246 g/mol. The zero-order valence-corrected chi connectivity index (χ0v) is 12.3. The van der Waals surface area contributed by atoms with Gasteiger partial charge in [0, 0.05) is 30.6 Å². The highest BCUT2D eigenvalue weighted by Gasteiger charge is 2.25. The van der Waals surface area contributed by atoms with Crippen LogP contribution in [0.5, 0.6) is 0 Å². The Hall–Kier alpha value is -1.61. The van der Waals surface area contributed by atoms with Crippen molar-refractivity contribution in [2.45, 2.75) is 26.8 Å². The van der Waals surface area contributed by atoms with Crippen LogP contribution in [0.1, 0.15) is 25.8 Å². The van der Waals surface area contributed by atoms with Gasteiger partial charge in [0.25, 0.3) is 0 Å². The monoisotopic (exact) mass is 269 g/mol. The second-order valence-corrected chi connectivity index (χ2v) is 6.06. The third kappa shape index (κ3) is 2.38. The number of nitrogens with two attached hydrogens (primary N) is 1. The third-order valence-electron chi connectivity index (χ3n) is 4.63. The fraction of sp³-hybridized carbons (Fsp3) is 0.471. The fourth-order valence-corrected chi connectivity index (χ4v) is 3.03. The number of fused-ring (bicyclic) bond motifs is 1. The Kier molecular flexibility index (Phi) is 3.62. The van der Waals surface area contributed by atoms with Crippen molar-refractivity contribution in [3.05, 3.63) is 35.9 Å². The molecule has 0 saturated carbocycles. The van der Waals surface area contributed by atoms with Crippen molar-refractivity contribution in [1.29, 1.82) is 0 Å². The van der Waals surface area contributed by atoms with E-state index in [0.29, 0.717) is 12.5 Å². The molecule has 2 unspecified atom stereocenters. The van der Waals surface area contributed by atoms with E-state index in [2.05, 4.69) is 43.0 Å². The average Bonchev–Trinajstić information content (AvgIpc) is 2.48. The van der Waals surface area contributed by atoms with Crippen molar-refractivity contribution in [2.24, 2.45) is 17.6 Å². The average molecular weight is 269 g/mol. The van der Waals surface area contributed by atoms with Crippen molar-refractivity contribution in [2.75, 3.05) is 18.0 Å². The normalized spacial score (nSPS) is 23.2. The summed E-state index contributed by atoms with van der Waals surface area (Å²) >= 11 is 0. The van der Waals surface area contributed by atoms with Crippen molar-refractivity contribution in [3.63, 3.8) is 0 Å². The first-order valence-corrected chi connectivity index (χ1v) is 7.52. The minimum atomic E-state index is 0.549. The fourth-order valence-electron chi connectivity index (χ4n) is 3.03. The molecule has 1 aliphatic heterocycles. The Morgan fingerprint density at radius 3 is 2.80 bits per heavy atom. The summed E-state index contributed by atoms with van der Waals surface area (Å²) in [6.07, 6.45) is 1.24. The molecule has 3 nitrogen and oxygen atoms in total. The SMILES string of the molecule is CC1CCN(c2nc3ccccc3cc2CN)CC1C. The molecule has 1 aliphatic rings. The van der Waals surface area contributed by atoms with Crippen LogP contribution in [0.15, 0.2) is 30.3 Å². The molecular formula is C17H23N3. The van der Waals surface area contributed by atoms with E-state index in [4.69, 9.17) is 10.7 Å². The molecule has 1 aromatic heterocycles. The number of piperidine rings is 1. The van der Waals surface area contributed by atoms with Crippen LogP contribution in [-0.4, -0.2) is 18.1 Å². The number of hydrogen-bond donors (Lipinski definition) is 1. The van der Waals surface area contributed by atoms with Crippen LogP contribution in [0, 0.1) is 11.8 Å². The summed E-state index contributed by atoms with van der Waals surface area (Å²) in [6.45, 7) is 7.40. The molecule has 0 spiro atoms. The summed E-state index contributed by atoms with van der Waals surface area (Å²) < 4.78 is 0. The molecule has 1 saturated heterocycles. The Morgan fingerprint density at radius 1 is 1.25 bits per heavy atom. The minimum Gasteiger partial charge on any atom is -0.356 e. The molecule has 1 fully saturated rings. The summed E-state index contributed by atoms with van der Waals surface area (Å²) in [6, 6.07) is 10.5. The van der Waals surface area contributed by atoms with Crippen molar-refractivity contribution in [1.82, 2.24) is 4.98 Å². The van der Waals surface area contributed by atoms with Gasteiger partial charge in [-0.2, -0.15) is 0 Å². The van der Waals surface area contributed by atoms with Crippen molar-refractivity contribution in [3.8, 4) is 0 Å². The van der Waals surface area contributed by atoms with E-state index in [9.17, 15) is 0 Å². The van der Waals surface area contributed by atoms with E-state index in [-0.39, 0.29) is 0 Å². The van der Waals surface area contributed by atoms with Gasteiger partial charge in [-0.1, -0.05) is 32.0 Å². The van der Waals surface area contributed by atoms with Crippen LogP contribution in [0.3, 0.4) is 0 Å². The summed E-state index contributed by atoms with van der Waals surface area (Å²) in [5, 5.41) is 1.18. The lowest BCUT2D eigenvalue weighted by Gasteiger charge is -2.37. The molecule has 2 N–H and O–H groups in total. The molecule has 0 radical (unpaired) electrons. The standard InChI is InChI=1S/C17H23N3/c1-12-7-8-20(11-13(12)2)17-15(10-18)9-14-5-3-4-6-16(14)19-17/h3-6,9,12-13H,7-8,10-11,18H2,1-2H3. The Balaban J connectivity index is 2.01. The van der Waals surface area contributed by atoms with Gasteiger partial charge >= 0.3 is 0 Å². The predicted molar refractivity (Wildman–Crippen MR) is 84.8 cm³/mol. The smallest absolute Gasteiger partial charge is 0.133 e. The van der Waals surface area contributed by atoms with Crippen LogP contribution < -0.4 is 10.6 Å². The Morgan fingerprint density at radius 2 is 2.05 bits per heavy atom. The molecule has 2 aromatic rings. The maximum atomic E-state index is 5.94. The van der Waals surface area contributed by atoms with Gasteiger partial charge in [-0.25, -0.2) is 4.98 Å². The zero-order chi connectivity index (χ0) is 14.1. The van der Waals surface area contributed by atoms with E-state index >= 15 is 0 Å². The lowest BCUT2D eigenvalue weighted by Crippen LogP contribution is -2.39. The van der Waals surface area contributed by atoms with Gasteiger partial charge in [0.05, 0.1) is 5.52 Å². The van der Waals surface area contributed by atoms with Gasteiger partial charge in [-0.05, 0) is 30.4 Å². The molecule has 0 aliphatic carbocycles. The quantitative estimate of drug-likeness (QED) is 0.910.